The monoisotopic (exact) mass is 180 g/mol. The van der Waals surface area contributed by atoms with E-state index in [0.717, 1.165) is 0 Å². The molecule has 5 heteroatoms. The first-order valence-electron chi connectivity index (χ1n) is 2.96. The molecule has 1 unspecified atom stereocenters. The number of hydrogen-bond donors (Lipinski definition) is 3. The molecular formula is C5H12N2OS2. The molecule has 0 bridgehead atoms. The number of thiol groups is 1. The summed E-state index contributed by atoms with van der Waals surface area (Å²) >= 11 is 5.52. The van der Waals surface area contributed by atoms with Gasteiger partial charge in [0.05, 0.1) is 0 Å². The summed E-state index contributed by atoms with van der Waals surface area (Å²) in [5.74, 6) is 0. The van der Waals surface area contributed by atoms with E-state index in [1.807, 2.05) is 13.2 Å². The van der Waals surface area contributed by atoms with Gasteiger partial charge in [0, 0.05) is 6.54 Å². The maximum Gasteiger partial charge on any atom is 0.316 e. The fourth-order valence-corrected chi connectivity index (χ4v) is 0.725. The second-order valence-electron chi connectivity index (χ2n) is 1.59. The smallest absolute Gasteiger partial charge is 0.316 e. The Morgan fingerprint density at radius 2 is 2.40 bits per heavy atom. The molecule has 10 heavy (non-hydrogen) atoms. The highest BCUT2D eigenvalue weighted by Gasteiger charge is 2.02. The van der Waals surface area contributed by atoms with Crippen LogP contribution in [0.1, 0.15) is 6.92 Å². The fraction of sp³-hybridized carbons (Fsp3) is 0.800. The van der Waals surface area contributed by atoms with Gasteiger partial charge in [0.15, 0.2) is 0 Å². The van der Waals surface area contributed by atoms with Crippen molar-refractivity contribution in [2.75, 3.05) is 12.8 Å². The van der Waals surface area contributed by atoms with Gasteiger partial charge >= 0.3 is 6.03 Å². The van der Waals surface area contributed by atoms with Crippen LogP contribution in [0, 0.1) is 0 Å². The Kier molecular flexibility index (Phi) is 5.71. The molecule has 0 aromatic heterocycles. The highest BCUT2D eigenvalue weighted by atomic mass is 32.2. The first-order valence-corrected chi connectivity index (χ1v) is 4.76. The zero-order valence-corrected chi connectivity index (χ0v) is 7.76. The lowest BCUT2D eigenvalue weighted by Gasteiger charge is -2.09. The predicted molar refractivity (Wildman–Crippen MR) is 48.5 cm³/mol. The van der Waals surface area contributed by atoms with E-state index in [4.69, 9.17) is 0 Å². The van der Waals surface area contributed by atoms with Gasteiger partial charge in [0.2, 0.25) is 0 Å². The van der Waals surface area contributed by atoms with Gasteiger partial charge in [-0.1, -0.05) is 0 Å². The van der Waals surface area contributed by atoms with Crippen molar-refractivity contribution >= 4 is 30.4 Å². The molecular weight excluding hydrogens is 168 g/mol. The van der Waals surface area contributed by atoms with E-state index in [0.29, 0.717) is 6.54 Å². The van der Waals surface area contributed by atoms with Crippen LogP contribution in [-0.2, 0) is 0 Å². The fourth-order valence-electron chi connectivity index (χ4n) is 0.383. The summed E-state index contributed by atoms with van der Waals surface area (Å²) in [6.45, 7) is 2.51. The Bertz CT molecular complexity index is 110. The van der Waals surface area contributed by atoms with Gasteiger partial charge in [-0.3, -0.25) is 0 Å². The molecule has 0 radical (unpaired) electrons. The number of amides is 2. The minimum atomic E-state index is -0.170. The highest BCUT2D eigenvalue weighted by molar-refractivity contribution is 8.09. The topological polar surface area (TPSA) is 41.1 Å². The van der Waals surface area contributed by atoms with Crippen LogP contribution in [0.4, 0.5) is 4.79 Å². The largest absolute Gasteiger partial charge is 0.338 e. The van der Waals surface area contributed by atoms with Crippen molar-refractivity contribution < 1.29 is 4.79 Å². The number of carbonyl (C=O) groups is 1. The van der Waals surface area contributed by atoms with Gasteiger partial charge < -0.3 is 10.6 Å². The molecule has 0 aliphatic rings. The standard InChI is InChI=1S/C5H12N2OS2/c1-3-6-4(8)7-5(9)10-2/h5,9H,3H2,1-2H3,(H2,6,7,8). The van der Waals surface area contributed by atoms with E-state index >= 15 is 0 Å². The third-order valence-electron chi connectivity index (χ3n) is 0.815. The lowest BCUT2D eigenvalue weighted by Crippen LogP contribution is -2.38. The SMILES string of the molecule is CCNC(=O)NC(S)SC. The van der Waals surface area contributed by atoms with Gasteiger partial charge in [0.25, 0.3) is 0 Å². The summed E-state index contributed by atoms with van der Waals surface area (Å²) in [6.07, 6.45) is 1.88. The molecule has 0 saturated carbocycles. The van der Waals surface area contributed by atoms with Crippen LogP contribution in [0.15, 0.2) is 0 Å². The molecule has 0 aromatic carbocycles. The number of carbonyl (C=O) groups excluding carboxylic acids is 1. The molecule has 3 nitrogen and oxygen atoms in total. The number of nitrogens with one attached hydrogen (secondary N) is 2. The van der Waals surface area contributed by atoms with Crippen LogP contribution in [0.25, 0.3) is 0 Å². The van der Waals surface area contributed by atoms with Gasteiger partial charge in [-0.25, -0.2) is 4.79 Å². The molecule has 1 atom stereocenters. The zero-order valence-electron chi connectivity index (χ0n) is 6.05. The van der Waals surface area contributed by atoms with Crippen LogP contribution in [0.3, 0.4) is 0 Å². The van der Waals surface area contributed by atoms with Crippen molar-refractivity contribution in [2.45, 2.75) is 11.6 Å². The Balaban J connectivity index is 3.37. The molecule has 2 N–H and O–H groups in total. The lowest BCUT2D eigenvalue weighted by molar-refractivity contribution is 0.242. The summed E-state index contributed by atoms with van der Waals surface area (Å²) < 4.78 is -0.119. The maximum atomic E-state index is 10.7. The molecule has 60 valence electrons. The third kappa shape index (κ3) is 4.81. The summed E-state index contributed by atoms with van der Waals surface area (Å²) in [5, 5.41) is 5.21. The average Bonchev–Trinajstić information content (AvgIpc) is 1.88. The van der Waals surface area contributed by atoms with E-state index < -0.39 is 0 Å². The molecule has 0 rings (SSSR count). The number of rotatable bonds is 3. The Labute approximate surface area is 70.7 Å². The van der Waals surface area contributed by atoms with E-state index in [1.165, 1.54) is 11.8 Å². The summed E-state index contributed by atoms with van der Waals surface area (Å²) in [7, 11) is 0. The van der Waals surface area contributed by atoms with Crippen LogP contribution < -0.4 is 10.6 Å². The molecule has 2 amide bonds. The first-order chi connectivity index (χ1) is 4.70. The Hall–Kier alpha value is -0.0300. The molecule has 0 spiro atoms. The van der Waals surface area contributed by atoms with E-state index in [-0.39, 0.29) is 10.7 Å². The predicted octanol–water partition coefficient (Wildman–Crippen LogP) is 0.882. The number of hydrogen-bond acceptors (Lipinski definition) is 3. The number of urea groups is 1. The van der Waals surface area contributed by atoms with Crippen LogP contribution >= 0.6 is 24.4 Å². The summed E-state index contributed by atoms with van der Waals surface area (Å²) in [5.41, 5.74) is 0. The van der Waals surface area contributed by atoms with E-state index in [9.17, 15) is 4.79 Å². The van der Waals surface area contributed by atoms with Crippen LogP contribution in [0.2, 0.25) is 0 Å². The van der Waals surface area contributed by atoms with Gasteiger partial charge in [0.1, 0.15) is 4.71 Å². The second-order valence-corrected chi connectivity index (χ2v) is 3.40. The first kappa shape index (κ1) is 9.97. The van der Waals surface area contributed by atoms with Crippen molar-refractivity contribution in [3.8, 4) is 0 Å². The molecule has 0 saturated heterocycles. The average molecular weight is 180 g/mol. The van der Waals surface area contributed by atoms with Crippen molar-refractivity contribution in [3.63, 3.8) is 0 Å². The zero-order chi connectivity index (χ0) is 7.98. The van der Waals surface area contributed by atoms with Crippen molar-refractivity contribution in [2.24, 2.45) is 0 Å². The Morgan fingerprint density at radius 1 is 1.80 bits per heavy atom. The van der Waals surface area contributed by atoms with Crippen molar-refractivity contribution in [1.82, 2.24) is 10.6 Å². The van der Waals surface area contributed by atoms with Crippen molar-refractivity contribution in [3.05, 3.63) is 0 Å². The second kappa shape index (κ2) is 5.73. The molecule has 0 fully saturated rings. The quantitative estimate of drug-likeness (QED) is 0.446. The molecule has 0 aromatic rings. The van der Waals surface area contributed by atoms with Gasteiger partial charge in [-0.05, 0) is 13.2 Å². The minimum absolute atomic E-state index is 0.119. The van der Waals surface area contributed by atoms with E-state index in [2.05, 4.69) is 23.3 Å². The molecule has 0 aliphatic carbocycles. The summed E-state index contributed by atoms with van der Waals surface area (Å²) in [6, 6.07) is -0.170. The third-order valence-corrected chi connectivity index (χ3v) is 2.14. The minimum Gasteiger partial charge on any atom is -0.338 e. The van der Waals surface area contributed by atoms with Crippen LogP contribution in [-0.4, -0.2) is 23.5 Å². The highest BCUT2D eigenvalue weighted by Crippen LogP contribution is 2.05. The van der Waals surface area contributed by atoms with E-state index in [1.54, 1.807) is 0 Å². The lowest BCUT2D eigenvalue weighted by atomic mass is 10.7. The van der Waals surface area contributed by atoms with Gasteiger partial charge in [-0.2, -0.15) is 0 Å². The Morgan fingerprint density at radius 3 is 2.80 bits per heavy atom. The number of thioether (sulfide) groups is 1. The van der Waals surface area contributed by atoms with Crippen molar-refractivity contribution in [1.29, 1.82) is 0 Å². The molecule has 0 heterocycles. The molecule has 0 aliphatic heterocycles. The van der Waals surface area contributed by atoms with Crippen LogP contribution in [0.5, 0.6) is 0 Å². The van der Waals surface area contributed by atoms with Gasteiger partial charge in [-0.15, -0.1) is 24.4 Å². The maximum absolute atomic E-state index is 10.7. The normalized spacial score (nSPS) is 12.3. The summed E-state index contributed by atoms with van der Waals surface area (Å²) in [4.78, 5) is 10.7.